The minimum absolute atomic E-state index is 0. The number of aryl methyl sites for hydroxylation is 1. The molecule has 2 fully saturated rings. The topological polar surface area (TPSA) is 41.6 Å². The standard InChI is InChI=1S/C16H24N2O2S.ClH/c1-11-9-14(20-2)15(21-11)16(19)18-7-5-13(6-8-18)17-10-12-3-4-12;/h9,12-13,17H,3-8,10H2,1-2H3;1H. The largest absolute Gasteiger partial charge is 0.495 e. The molecule has 1 saturated carbocycles. The number of hydrogen-bond donors (Lipinski definition) is 1. The highest BCUT2D eigenvalue weighted by Crippen LogP contribution is 2.31. The van der Waals surface area contributed by atoms with Crippen molar-refractivity contribution in [3.05, 3.63) is 15.8 Å². The third-order valence-electron chi connectivity index (χ3n) is 4.41. The Bertz CT molecular complexity index is 508. The normalized spacial score (nSPS) is 18.9. The first kappa shape index (κ1) is 17.6. The summed E-state index contributed by atoms with van der Waals surface area (Å²) < 4.78 is 5.32. The zero-order valence-corrected chi connectivity index (χ0v) is 14.9. The molecule has 22 heavy (non-hydrogen) atoms. The molecule has 1 N–H and O–H groups in total. The fourth-order valence-corrected chi connectivity index (χ4v) is 3.82. The maximum Gasteiger partial charge on any atom is 0.267 e. The molecule has 3 rings (SSSR count). The number of amides is 1. The van der Waals surface area contributed by atoms with Crippen LogP contribution in [0.4, 0.5) is 0 Å². The van der Waals surface area contributed by atoms with Gasteiger partial charge < -0.3 is 15.0 Å². The molecule has 124 valence electrons. The smallest absolute Gasteiger partial charge is 0.267 e. The van der Waals surface area contributed by atoms with Gasteiger partial charge in [0.05, 0.1) is 7.11 Å². The van der Waals surface area contributed by atoms with E-state index in [1.807, 2.05) is 17.9 Å². The van der Waals surface area contributed by atoms with Crippen molar-refractivity contribution in [3.8, 4) is 5.75 Å². The van der Waals surface area contributed by atoms with Crippen LogP contribution < -0.4 is 10.1 Å². The Hall–Kier alpha value is -0.780. The molecule has 0 aromatic carbocycles. The monoisotopic (exact) mass is 344 g/mol. The average molecular weight is 345 g/mol. The summed E-state index contributed by atoms with van der Waals surface area (Å²) in [6.07, 6.45) is 4.90. The molecule has 1 aliphatic carbocycles. The Balaban J connectivity index is 0.00000176. The summed E-state index contributed by atoms with van der Waals surface area (Å²) in [7, 11) is 1.63. The van der Waals surface area contributed by atoms with Gasteiger partial charge in [-0.05, 0) is 51.1 Å². The fraction of sp³-hybridized carbons (Fsp3) is 0.688. The summed E-state index contributed by atoms with van der Waals surface area (Å²) in [5.41, 5.74) is 0. The van der Waals surface area contributed by atoms with E-state index in [-0.39, 0.29) is 18.3 Å². The molecular weight excluding hydrogens is 320 g/mol. The number of thiophene rings is 1. The number of hydrogen-bond acceptors (Lipinski definition) is 4. The van der Waals surface area contributed by atoms with Crippen molar-refractivity contribution in [1.82, 2.24) is 10.2 Å². The second-order valence-electron chi connectivity index (χ2n) is 6.17. The molecule has 0 radical (unpaired) electrons. The van der Waals surface area contributed by atoms with Gasteiger partial charge in [-0.1, -0.05) is 0 Å². The summed E-state index contributed by atoms with van der Waals surface area (Å²) in [6.45, 7) is 4.87. The van der Waals surface area contributed by atoms with Crippen LogP contribution in [-0.2, 0) is 0 Å². The van der Waals surface area contributed by atoms with Gasteiger partial charge in [0.1, 0.15) is 10.6 Å². The van der Waals surface area contributed by atoms with E-state index in [2.05, 4.69) is 5.32 Å². The minimum atomic E-state index is 0. The van der Waals surface area contributed by atoms with Crippen molar-refractivity contribution in [2.45, 2.75) is 38.6 Å². The van der Waals surface area contributed by atoms with E-state index in [9.17, 15) is 4.79 Å². The lowest BCUT2D eigenvalue weighted by Crippen LogP contribution is -2.45. The van der Waals surface area contributed by atoms with E-state index in [0.29, 0.717) is 6.04 Å². The third-order valence-corrected chi connectivity index (χ3v) is 5.43. The SMILES string of the molecule is COc1cc(C)sc1C(=O)N1CCC(NCC2CC2)CC1.Cl. The first-order valence-corrected chi connectivity index (χ1v) is 8.66. The second-order valence-corrected chi connectivity index (χ2v) is 7.43. The summed E-state index contributed by atoms with van der Waals surface area (Å²) in [4.78, 5) is 16.5. The average Bonchev–Trinajstić information content (AvgIpc) is 3.26. The fourth-order valence-electron chi connectivity index (χ4n) is 2.88. The van der Waals surface area contributed by atoms with Crippen LogP contribution in [0.1, 0.15) is 40.2 Å². The van der Waals surface area contributed by atoms with E-state index in [4.69, 9.17) is 4.74 Å². The molecule has 6 heteroatoms. The van der Waals surface area contributed by atoms with Gasteiger partial charge in [-0.15, -0.1) is 23.7 Å². The van der Waals surface area contributed by atoms with Gasteiger partial charge >= 0.3 is 0 Å². The molecule has 0 spiro atoms. The van der Waals surface area contributed by atoms with Gasteiger partial charge in [-0.25, -0.2) is 0 Å². The number of carbonyl (C=O) groups is 1. The van der Waals surface area contributed by atoms with Crippen LogP contribution in [0.3, 0.4) is 0 Å². The highest BCUT2D eigenvalue weighted by Gasteiger charge is 2.28. The molecule has 0 bridgehead atoms. The Morgan fingerprint density at radius 1 is 1.36 bits per heavy atom. The van der Waals surface area contributed by atoms with E-state index in [1.165, 1.54) is 24.2 Å². The lowest BCUT2D eigenvalue weighted by atomic mass is 10.0. The molecule has 1 aromatic rings. The van der Waals surface area contributed by atoms with Gasteiger partial charge in [0.15, 0.2) is 0 Å². The molecule has 2 aliphatic rings. The molecule has 4 nitrogen and oxygen atoms in total. The molecule has 1 amide bonds. The van der Waals surface area contributed by atoms with Crippen LogP contribution >= 0.6 is 23.7 Å². The molecular formula is C16H25ClN2O2S. The highest BCUT2D eigenvalue weighted by molar-refractivity contribution is 7.14. The van der Waals surface area contributed by atoms with Crippen LogP contribution in [0.2, 0.25) is 0 Å². The van der Waals surface area contributed by atoms with Crippen molar-refractivity contribution < 1.29 is 9.53 Å². The first-order valence-electron chi connectivity index (χ1n) is 7.84. The van der Waals surface area contributed by atoms with Crippen LogP contribution in [-0.4, -0.2) is 43.6 Å². The maximum absolute atomic E-state index is 12.6. The third kappa shape index (κ3) is 4.15. The van der Waals surface area contributed by atoms with Crippen molar-refractivity contribution >= 4 is 29.7 Å². The van der Waals surface area contributed by atoms with Crippen LogP contribution in [0.25, 0.3) is 0 Å². The van der Waals surface area contributed by atoms with Crippen molar-refractivity contribution in [3.63, 3.8) is 0 Å². The Morgan fingerprint density at radius 2 is 2.05 bits per heavy atom. The molecule has 0 unspecified atom stereocenters. The van der Waals surface area contributed by atoms with Crippen molar-refractivity contribution in [2.24, 2.45) is 5.92 Å². The second kappa shape index (κ2) is 7.66. The van der Waals surface area contributed by atoms with E-state index >= 15 is 0 Å². The van der Waals surface area contributed by atoms with Gasteiger partial charge in [-0.3, -0.25) is 4.79 Å². The lowest BCUT2D eigenvalue weighted by Gasteiger charge is -2.32. The van der Waals surface area contributed by atoms with Gasteiger partial charge in [0.2, 0.25) is 0 Å². The highest BCUT2D eigenvalue weighted by atomic mass is 35.5. The van der Waals surface area contributed by atoms with Gasteiger partial charge in [0.25, 0.3) is 5.91 Å². The number of likely N-dealkylation sites (tertiary alicyclic amines) is 1. The summed E-state index contributed by atoms with van der Waals surface area (Å²) in [5, 5.41) is 3.65. The number of nitrogens with one attached hydrogen (secondary N) is 1. The van der Waals surface area contributed by atoms with Gasteiger partial charge in [-0.2, -0.15) is 0 Å². The zero-order valence-electron chi connectivity index (χ0n) is 13.3. The Kier molecular flexibility index (Phi) is 6.12. The minimum Gasteiger partial charge on any atom is -0.495 e. The Morgan fingerprint density at radius 3 is 2.64 bits per heavy atom. The lowest BCUT2D eigenvalue weighted by molar-refractivity contribution is 0.0707. The van der Waals surface area contributed by atoms with E-state index in [0.717, 1.165) is 53.9 Å². The predicted molar refractivity (Wildman–Crippen MR) is 92.5 cm³/mol. The number of nitrogens with zero attached hydrogens (tertiary/aromatic N) is 1. The number of piperidine rings is 1. The molecule has 1 aliphatic heterocycles. The maximum atomic E-state index is 12.6. The zero-order chi connectivity index (χ0) is 14.8. The van der Waals surface area contributed by atoms with E-state index in [1.54, 1.807) is 7.11 Å². The van der Waals surface area contributed by atoms with Gasteiger partial charge in [0, 0.05) is 24.0 Å². The number of rotatable bonds is 5. The molecule has 1 aromatic heterocycles. The van der Waals surface area contributed by atoms with E-state index < -0.39 is 0 Å². The number of carbonyl (C=O) groups excluding carboxylic acids is 1. The van der Waals surface area contributed by atoms with Crippen LogP contribution in [0.15, 0.2) is 6.07 Å². The Labute approximate surface area is 142 Å². The summed E-state index contributed by atoms with van der Waals surface area (Å²) >= 11 is 1.53. The molecule has 0 atom stereocenters. The number of halogens is 1. The predicted octanol–water partition coefficient (Wildman–Crippen LogP) is 3.09. The van der Waals surface area contributed by atoms with Crippen LogP contribution in [0.5, 0.6) is 5.75 Å². The summed E-state index contributed by atoms with van der Waals surface area (Å²) in [6, 6.07) is 2.53. The quantitative estimate of drug-likeness (QED) is 0.892. The number of ether oxygens (including phenoxy) is 1. The van der Waals surface area contributed by atoms with Crippen molar-refractivity contribution in [1.29, 1.82) is 0 Å². The molecule has 1 saturated heterocycles. The molecule has 2 heterocycles. The van der Waals surface area contributed by atoms with Crippen molar-refractivity contribution in [2.75, 3.05) is 26.7 Å². The first-order chi connectivity index (χ1) is 10.2. The summed E-state index contributed by atoms with van der Waals surface area (Å²) in [5.74, 6) is 1.77. The van der Waals surface area contributed by atoms with Crippen LogP contribution in [0, 0.1) is 12.8 Å². The number of methoxy groups -OCH3 is 1.